The van der Waals surface area contributed by atoms with Crippen molar-refractivity contribution in [2.75, 3.05) is 0 Å². The molecule has 124 valence electrons. The number of phenols is 3. The van der Waals surface area contributed by atoms with Gasteiger partial charge in [-0.3, -0.25) is 0 Å². The number of hydrogen-bond acceptors (Lipinski definition) is 3. The topological polar surface area (TPSA) is 60.7 Å². The molecule has 0 aliphatic heterocycles. The maximum Gasteiger partial charge on any atom is 0.166 e. The van der Waals surface area contributed by atoms with Crippen molar-refractivity contribution in [3.05, 3.63) is 29.8 Å². The Hall–Kier alpha value is -1.90. The fourth-order valence-corrected chi connectivity index (χ4v) is 4.04. The molecule has 0 heterocycles. The lowest BCUT2D eigenvalue weighted by Crippen LogP contribution is -2.25. The Balaban J connectivity index is 1.98. The van der Waals surface area contributed by atoms with Crippen molar-refractivity contribution < 1.29 is 15.3 Å². The van der Waals surface area contributed by atoms with Crippen molar-refractivity contribution >= 4 is 10.8 Å². The van der Waals surface area contributed by atoms with Gasteiger partial charge in [-0.1, -0.05) is 45.0 Å². The van der Waals surface area contributed by atoms with E-state index in [1.165, 1.54) is 0 Å². The van der Waals surface area contributed by atoms with Gasteiger partial charge in [0.05, 0.1) is 0 Å². The van der Waals surface area contributed by atoms with Gasteiger partial charge in [0.15, 0.2) is 11.5 Å². The molecular formula is C20H26O3. The first-order chi connectivity index (χ1) is 10.8. The molecule has 1 aliphatic rings. The molecule has 3 nitrogen and oxygen atoms in total. The molecule has 1 fully saturated rings. The van der Waals surface area contributed by atoms with E-state index in [0.29, 0.717) is 27.7 Å². The van der Waals surface area contributed by atoms with Crippen molar-refractivity contribution in [3.8, 4) is 17.2 Å². The molecule has 1 saturated carbocycles. The second-order valence-electron chi connectivity index (χ2n) is 7.92. The summed E-state index contributed by atoms with van der Waals surface area (Å²) in [7, 11) is 0. The fraction of sp³-hybridized carbons (Fsp3) is 0.500. The number of rotatable bonds is 1. The highest BCUT2D eigenvalue weighted by Crippen LogP contribution is 2.52. The predicted octanol–water partition coefficient (Wildman–Crippen LogP) is 5.28. The van der Waals surface area contributed by atoms with Gasteiger partial charge in [0.1, 0.15) is 5.75 Å². The zero-order chi connectivity index (χ0) is 16.8. The second-order valence-corrected chi connectivity index (χ2v) is 7.92. The van der Waals surface area contributed by atoms with E-state index < -0.39 is 0 Å². The highest BCUT2D eigenvalue weighted by molar-refractivity contribution is 5.96. The molecule has 0 saturated heterocycles. The zero-order valence-electron chi connectivity index (χ0n) is 14.1. The third-order valence-electron chi connectivity index (χ3n) is 5.53. The summed E-state index contributed by atoms with van der Waals surface area (Å²) in [4.78, 5) is 0. The van der Waals surface area contributed by atoms with Gasteiger partial charge < -0.3 is 15.3 Å². The molecule has 2 aromatic rings. The van der Waals surface area contributed by atoms with E-state index in [2.05, 4.69) is 20.8 Å². The van der Waals surface area contributed by atoms with E-state index in [1.807, 2.05) is 6.07 Å². The van der Waals surface area contributed by atoms with Gasteiger partial charge in [0.2, 0.25) is 0 Å². The molecular weight excluding hydrogens is 288 g/mol. The molecule has 23 heavy (non-hydrogen) atoms. The normalized spacial score (nSPS) is 22.4. The fourth-order valence-electron chi connectivity index (χ4n) is 4.04. The summed E-state index contributed by atoms with van der Waals surface area (Å²) < 4.78 is 0. The highest BCUT2D eigenvalue weighted by atomic mass is 16.3. The number of phenolic OH excluding ortho intramolecular Hbond substituents is 3. The molecule has 0 unspecified atom stereocenters. The van der Waals surface area contributed by atoms with Gasteiger partial charge in [0.25, 0.3) is 0 Å². The largest absolute Gasteiger partial charge is 0.507 e. The van der Waals surface area contributed by atoms with Crippen LogP contribution in [0.15, 0.2) is 24.3 Å². The molecule has 3 rings (SSSR count). The third-order valence-corrected chi connectivity index (χ3v) is 5.53. The minimum atomic E-state index is -0.152. The standard InChI is InChI=1S/C20H26O3/c1-20(2,3)13-10-8-12(9-11-13)16-17(21)14-6-4-5-7-15(14)18(22)19(16)23/h4-7,12-13,21-23H,8-11H2,1-3H3. The predicted molar refractivity (Wildman–Crippen MR) is 93.1 cm³/mol. The second kappa shape index (κ2) is 5.63. The minimum Gasteiger partial charge on any atom is -0.507 e. The molecule has 0 radical (unpaired) electrons. The van der Waals surface area contributed by atoms with Crippen molar-refractivity contribution in [2.24, 2.45) is 11.3 Å². The average molecular weight is 314 g/mol. The zero-order valence-corrected chi connectivity index (χ0v) is 14.1. The van der Waals surface area contributed by atoms with Gasteiger partial charge in [0, 0.05) is 16.3 Å². The van der Waals surface area contributed by atoms with E-state index in [0.717, 1.165) is 25.7 Å². The maximum atomic E-state index is 10.7. The molecule has 0 aromatic heterocycles. The van der Waals surface area contributed by atoms with Gasteiger partial charge in [-0.25, -0.2) is 0 Å². The molecule has 0 amide bonds. The van der Waals surface area contributed by atoms with Crippen LogP contribution in [0.3, 0.4) is 0 Å². The molecule has 3 heteroatoms. The number of fused-ring (bicyclic) bond motifs is 1. The average Bonchev–Trinajstić information content (AvgIpc) is 2.53. The van der Waals surface area contributed by atoms with E-state index >= 15 is 0 Å². The van der Waals surface area contributed by atoms with Crippen LogP contribution in [0.1, 0.15) is 57.9 Å². The Kier molecular flexibility index (Phi) is 3.91. The Bertz CT molecular complexity index is 720. The van der Waals surface area contributed by atoms with E-state index in [1.54, 1.807) is 18.2 Å². The van der Waals surface area contributed by atoms with Crippen molar-refractivity contribution in [1.82, 2.24) is 0 Å². The van der Waals surface area contributed by atoms with Crippen LogP contribution >= 0.6 is 0 Å². The minimum absolute atomic E-state index is 0.101. The summed E-state index contributed by atoms with van der Waals surface area (Å²) in [6.07, 6.45) is 4.03. The number of hydrogen-bond donors (Lipinski definition) is 3. The SMILES string of the molecule is CC(C)(C)C1CCC(c2c(O)c(O)c3ccccc3c2O)CC1. The Labute approximate surface area is 137 Å². The summed E-state index contributed by atoms with van der Waals surface area (Å²) in [5, 5.41) is 32.5. The van der Waals surface area contributed by atoms with Crippen molar-refractivity contribution in [1.29, 1.82) is 0 Å². The summed E-state index contributed by atoms with van der Waals surface area (Å²) in [5.41, 5.74) is 0.814. The highest BCUT2D eigenvalue weighted by Gasteiger charge is 2.33. The first-order valence-corrected chi connectivity index (χ1v) is 8.46. The van der Waals surface area contributed by atoms with Crippen molar-refractivity contribution in [3.63, 3.8) is 0 Å². The van der Waals surface area contributed by atoms with E-state index in [-0.39, 0.29) is 23.2 Å². The third kappa shape index (κ3) is 2.73. The Morgan fingerprint density at radius 2 is 1.30 bits per heavy atom. The summed E-state index contributed by atoms with van der Waals surface area (Å²) in [6, 6.07) is 7.12. The molecule has 3 N–H and O–H groups in total. The van der Waals surface area contributed by atoms with Crippen LogP contribution in [-0.4, -0.2) is 15.3 Å². The number of aromatic hydroxyl groups is 3. The number of benzene rings is 2. The van der Waals surface area contributed by atoms with E-state index in [9.17, 15) is 15.3 Å². The van der Waals surface area contributed by atoms with Gasteiger partial charge in [-0.05, 0) is 42.9 Å². The monoisotopic (exact) mass is 314 g/mol. The van der Waals surface area contributed by atoms with Gasteiger partial charge >= 0.3 is 0 Å². The first kappa shape index (κ1) is 16.0. The smallest absolute Gasteiger partial charge is 0.166 e. The lowest BCUT2D eigenvalue weighted by atomic mass is 9.68. The van der Waals surface area contributed by atoms with Crippen molar-refractivity contribution in [2.45, 2.75) is 52.4 Å². The van der Waals surface area contributed by atoms with Crippen LogP contribution in [-0.2, 0) is 0 Å². The van der Waals surface area contributed by atoms with Crippen LogP contribution in [0.4, 0.5) is 0 Å². The van der Waals surface area contributed by atoms with Gasteiger partial charge in [-0.2, -0.15) is 0 Å². The van der Waals surface area contributed by atoms with Crippen LogP contribution in [0, 0.1) is 11.3 Å². The Morgan fingerprint density at radius 1 is 0.783 bits per heavy atom. The molecule has 0 bridgehead atoms. The lowest BCUT2D eigenvalue weighted by Gasteiger charge is -2.37. The summed E-state index contributed by atoms with van der Waals surface area (Å²) in [5.74, 6) is 0.614. The maximum absolute atomic E-state index is 10.7. The first-order valence-electron chi connectivity index (χ1n) is 8.46. The molecule has 1 aliphatic carbocycles. The Morgan fingerprint density at radius 3 is 1.83 bits per heavy atom. The lowest BCUT2D eigenvalue weighted by molar-refractivity contribution is 0.167. The van der Waals surface area contributed by atoms with Gasteiger partial charge in [-0.15, -0.1) is 0 Å². The van der Waals surface area contributed by atoms with E-state index in [4.69, 9.17) is 0 Å². The molecule has 2 aromatic carbocycles. The van der Waals surface area contributed by atoms with Crippen LogP contribution < -0.4 is 0 Å². The van der Waals surface area contributed by atoms with Crippen LogP contribution in [0.25, 0.3) is 10.8 Å². The quantitative estimate of drug-likeness (QED) is 0.496. The van der Waals surface area contributed by atoms with Crippen LogP contribution in [0.2, 0.25) is 0 Å². The molecule has 0 atom stereocenters. The molecule has 0 spiro atoms. The summed E-state index contributed by atoms with van der Waals surface area (Å²) in [6.45, 7) is 6.82. The summed E-state index contributed by atoms with van der Waals surface area (Å²) >= 11 is 0. The van der Waals surface area contributed by atoms with Crippen LogP contribution in [0.5, 0.6) is 17.2 Å².